The Morgan fingerprint density at radius 1 is 1.40 bits per heavy atom. The molecule has 1 rings (SSSR count). The van der Waals surface area contributed by atoms with E-state index >= 15 is 0 Å². The number of nitrogens with zero attached hydrogens (tertiary/aromatic N) is 1. The molecule has 0 fully saturated rings. The normalized spacial score (nSPS) is 13.5. The minimum absolute atomic E-state index is 0.197. The van der Waals surface area contributed by atoms with Crippen molar-refractivity contribution in [3.63, 3.8) is 0 Å². The summed E-state index contributed by atoms with van der Waals surface area (Å²) in [6.45, 7) is 0.997. The second kappa shape index (κ2) is 6.15. The van der Waals surface area contributed by atoms with E-state index in [4.69, 9.17) is 5.11 Å². The molecule has 0 saturated heterocycles. The lowest BCUT2D eigenvalue weighted by Gasteiger charge is -2.19. The van der Waals surface area contributed by atoms with E-state index < -0.39 is 38.4 Å². The topological polar surface area (TPSA) is 74.7 Å². The molecule has 1 N–H and O–H groups in total. The maximum Gasteiger partial charge on any atom is 0.307 e. The minimum atomic E-state index is -4.24. The van der Waals surface area contributed by atoms with Gasteiger partial charge in [0.1, 0.15) is 16.5 Å². The Morgan fingerprint density at radius 3 is 2.45 bits per heavy atom. The predicted octanol–water partition coefficient (Wildman–Crippen LogP) is 2.07. The maximum absolute atomic E-state index is 13.6. The van der Waals surface area contributed by atoms with Crippen LogP contribution in [-0.4, -0.2) is 37.4 Å². The average Bonchev–Trinajstić information content (AvgIpc) is 2.33. The molecule has 0 aliphatic heterocycles. The predicted molar refractivity (Wildman–Crippen MR) is 70.7 cm³/mol. The first-order valence-corrected chi connectivity index (χ1v) is 7.64. The van der Waals surface area contributed by atoms with E-state index in [-0.39, 0.29) is 11.0 Å². The van der Waals surface area contributed by atoms with Crippen molar-refractivity contribution in [3.05, 3.63) is 28.2 Å². The van der Waals surface area contributed by atoms with Crippen molar-refractivity contribution in [2.24, 2.45) is 5.92 Å². The van der Waals surface area contributed by atoms with Crippen LogP contribution in [0.1, 0.15) is 6.92 Å². The maximum atomic E-state index is 13.6. The number of halogens is 3. The molecule has 0 aromatic heterocycles. The van der Waals surface area contributed by atoms with Gasteiger partial charge in [0, 0.05) is 19.7 Å². The molecule has 0 bridgehead atoms. The van der Waals surface area contributed by atoms with Gasteiger partial charge in [0.15, 0.2) is 0 Å². The van der Waals surface area contributed by atoms with Gasteiger partial charge in [-0.2, -0.15) is 4.31 Å². The molecule has 0 spiro atoms. The third kappa shape index (κ3) is 3.53. The number of carboxylic acid groups (broad SMARTS) is 1. The molecule has 1 unspecified atom stereocenters. The number of rotatable bonds is 5. The molecule has 0 saturated carbocycles. The number of carboxylic acids is 1. The lowest BCUT2D eigenvalue weighted by molar-refractivity contribution is -0.141. The third-order valence-corrected chi connectivity index (χ3v) is 5.06. The highest BCUT2D eigenvalue weighted by atomic mass is 79.9. The Hall–Kier alpha value is -1.06. The SMILES string of the molecule is CC(CN(C)S(=O)(=O)c1cc(Br)c(F)cc1F)C(=O)O. The summed E-state index contributed by atoms with van der Waals surface area (Å²) >= 11 is 2.78. The largest absolute Gasteiger partial charge is 0.481 e. The van der Waals surface area contributed by atoms with Gasteiger partial charge in [-0.3, -0.25) is 4.79 Å². The number of sulfonamides is 1. The zero-order chi connectivity index (χ0) is 15.7. The van der Waals surface area contributed by atoms with E-state index in [2.05, 4.69) is 15.9 Å². The van der Waals surface area contributed by atoms with Crippen molar-refractivity contribution in [1.82, 2.24) is 4.31 Å². The summed E-state index contributed by atoms with van der Waals surface area (Å²) in [6.07, 6.45) is 0. The highest BCUT2D eigenvalue weighted by Crippen LogP contribution is 2.25. The summed E-state index contributed by atoms with van der Waals surface area (Å²) in [5.74, 6) is -4.29. The van der Waals surface area contributed by atoms with E-state index in [1.54, 1.807) is 0 Å². The summed E-state index contributed by atoms with van der Waals surface area (Å²) in [5, 5.41) is 8.75. The minimum Gasteiger partial charge on any atom is -0.481 e. The molecule has 0 amide bonds. The quantitative estimate of drug-likeness (QED) is 0.804. The molecule has 0 aliphatic rings. The van der Waals surface area contributed by atoms with E-state index in [0.717, 1.165) is 13.1 Å². The van der Waals surface area contributed by atoms with Crippen LogP contribution < -0.4 is 0 Å². The highest BCUT2D eigenvalue weighted by molar-refractivity contribution is 9.10. The second-order valence-electron chi connectivity index (χ2n) is 4.22. The molecule has 0 radical (unpaired) electrons. The van der Waals surface area contributed by atoms with Crippen molar-refractivity contribution < 1.29 is 27.1 Å². The lowest BCUT2D eigenvalue weighted by Crippen LogP contribution is -2.34. The summed E-state index contributed by atoms with van der Waals surface area (Å²) < 4.78 is 51.5. The average molecular weight is 372 g/mol. The molecule has 5 nitrogen and oxygen atoms in total. The van der Waals surface area contributed by atoms with E-state index in [1.807, 2.05) is 0 Å². The van der Waals surface area contributed by atoms with Gasteiger partial charge in [0.05, 0.1) is 10.4 Å². The smallest absolute Gasteiger partial charge is 0.307 e. The molecule has 1 aromatic rings. The molecule has 0 heterocycles. The van der Waals surface area contributed by atoms with Crippen LogP contribution in [0.2, 0.25) is 0 Å². The molecule has 9 heteroatoms. The standard InChI is InChI=1S/C11H12BrF2NO4S/c1-6(11(16)17)5-15(2)20(18,19)10-3-7(12)8(13)4-9(10)14/h3-4,6H,5H2,1-2H3,(H,16,17). The van der Waals surface area contributed by atoms with Gasteiger partial charge in [-0.05, 0) is 22.0 Å². The monoisotopic (exact) mass is 371 g/mol. The van der Waals surface area contributed by atoms with Crippen molar-refractivity contribution >= 4 is 31.9 Å². The molecular formula is C11H12BrF2NO4S. The van der Waals surface area contributed by atoms with Crippen LogP contribution in [0.25, 0.3) is 0 Å². The lowest BCUT2D eigenvalue weighted by atomic mass is 10.2. The molecule has 0 aliphatic carbocycles. The van der Waals surface area contributed by atoms with Gasteiger partial charge < -0.3 is 5.11 Å². The number of aliphatic carboxylic acids is 1. The first-order valence-electron chi connectivity index (χ1n) is 5.41. The van der Waals surface area contributed by atoms with Gasteiger partial charge in [0.2, 0.25) is 10.0 Å². The summed E-state index contributed by atoms with van der Waals surface area (Å²) in [7, 11) is -3.11. The molecule has 20 heavy (non-hydrogen) atoms. The Labute approximate surface area is 123 Å². The second-order valence-corrected chi connectivity index (χ2v) is 7.09. The van der Waals surface area contributed by atoms with Crippen LogP contribution >= 0.6 is 15.9 Å². The van der Waals surface area contributed by atoms with E-state index in [0.29, 0.717) is 10.4 Å². The van der Waals surface area contributed by atoms with Gasteiger partial charge in [-0.25, -0.2) is 17.2 Å². The van der Waals surface area contributed by atoms with Crippen LogP contribution in [0.4, 0.5) is 8.78 Å². The van der Waals surface area contributed by atoms with Crippen LogP contribution in [-0.2, 0) is 14.8 Å². The first kappa shape index (κ1) is 17.0. The number of hydrogen-bond acceptors (Lipinski definition) is 3. The summed E-state index contributed by atoms with van der Waals surface area (Å²) in [4.78, 5) is 9.99. The van der Waals surface area contributed by atoms with Crippen LogP contribution in [0.3, 0.4) is 0 Å². The van der Waals surface area contributed by atoms with Crippen LogP contribution in [0.15, 0.2) is 21.5 Å². The van der Waals surface area contributed by atoms with Crippen LogP contribution in [0, 0.1) is 17.6 Å². The summed E-state index contributed by atoms with van der Waals surface area (Å²) in [6, 6.07) is 1.26. The Kier molecular flexibility index (Phi) is 5.22. The van der Waals surface area contributed by atoms with Gasteiger partial charge in [0.25, 0.3) is 0 Å². The zero-order valence-corrected chi connectivity index (χ0v) is 13.0. The van der Waals surface area contributed by atoms with E-state index in [9.17, 15) is 22.0 Å². The van der Waals surface area contributed by atoms with Crippen molar-refractivity contribution in [2.75, 3.05) is 13.6 Å². The molecule has 1 atom stereocenters. The van der Waals surface area contributed by atoms with Gasteiger partial charge in [-0.1, -0.05) is 6.92 Å². The Morgan fingerprint density at radius 2 is 1.95 bits per heavy atom. The number of hydrogen-bond donors (Lipinski definition) is 1. The zero-order valence-electron chi connectivity index (χ0n) is 10.6. The van der Waals surface area contributed by atoms with E-state index in [1.165, 1.54) is 6.92 Å². The number of benzene rings is 1. The molecular weight excluding hydrogens is 360 g/mol. The van der Waals surface area contributed by atoms with Crippen molar-refractivity contribution in [3.8, 4) is 0 Å². The summed E-state index contributed by atoms with van der Waals surface area (Å²) in [5.41, 5.74) is 0. The Bertz CT molecular complexity index is 636. The van der Waals surface area contributed by atoms with Crippen LogP contribution in [0.5, 0.6) is 0 Å². The third-order valence-electron chi connectivity index (χ3n) is 2.62. The van der Waals surface area contributed by atoms with Gasteiger partial charge >= 0.3 is 5.97 Å². The first-order chi connectivity index (χ1) is 9.07. The molecule has 112 valence electrons. The number of carbonyl (C=O) groups is 1. The Balaban J connectivity index is 3.17. The highest BCUT2D eigenvalue weighted by Gasteiger charge is 2.28. The van der Waals surface area contributed by atoms with Crippen molar-refractivity contribution in [1.29, 1.82) is 0 Å². The van der Waals surface area contributed by atoms with Crippen molar-refractivity contribution in [2.45, 2.75) is 11.8 Å². The fraction of sp³-hybridized carbons (Fsp3) is 0.364. The fourth-order valence-corrected chi connectivity index (χ4v) is 3.25. The van der Waals surface area contributed by atoms with Gasteiger partial charge in [-0.15, -0.1) is 0 Å². The molecule has 1 aromatic carbocycles. The fourth-order valence-electron chi connectivity index (χ4n) is 1.43.